The van der Waals surface area contributed by atoms with Gasteiger partial charge in [0.25, 0.3) is 0 Å². The van der Waals surface area contributed by atoms with Gasteiger partial charge < -0.3 is 20.7 Å². The van der Waals surface area contributed by atoms with Crippen LogP contribution < -0.4 is 10.8 Å². The van der Waals surface area contributed by atoms with Gasteiger partial charge in [0.15, 0.2) is 0 Å². The zero-order chi connectivity index (χ0) is 6.73. The van der Waals surface area contributed by atoms with E-state index >= 15 is 0 Å². The summed E-state index contributed by atoms with van der Waals surface area (Å²) in [6, 6.07) is -1.27. The molecule has 0 aromatic heterocycles. The largest absolute Gasteiger partial charge is 0.548 e. The van der Waals surface area contributed by atoms with Gasteiger partial charge in [0.05, 0.1) is 18.1 Å². The van der Waals surface area contributed by atoms with Crippen LogP contribution in [0.25, 0.3) is 0 Å². The van der Waals surface area contributed by atoms with Gasteiger partial charge in [-0.3, -0.25) is 0 Å². The molecule has 0 unspecified atom stereocenters. The van der Waals surface area contributed by atoms with Gasteiger partial charge in [-0.15, -0.1) is 0 Å². The number of carboxylic acid groups (broad SMARTS) is 1. The third kappa shape index (κ3) is 1.90. The summed E-state index contributed by atoms with van der Waals surface area (Å²) in [6.45, 7) is 1.29. The van der Waals surface area contributed by atoms with Gasteiger partial charge in [-0.05, 0) is 6.92 Å². The summed E-state index contributed by atoms with van der Waals surface area (Å²) in [4.78, 5) is 9.74. The third-order valence-corrected chi connectivity index (χ3v) is 0.792. The van der Waals surface area contributed by atoms with Gasteiger partial charge in [0.1, 0.15) is 0 Å². The zero-order valence-corrected chi connectivity index (χ0v) is 4.50. The first-order chi connectivity index (χ1) is 3.55. The second-order valence-corrected chi connectivity index (χ2v) is 1.59. The molecule has 8 heavy (non-hydrogen) atoms. The lowest BCUT2D eigenvalue weighted by molar-refractivity contribution is -0.309. The molecule has 0 saturated carbocycles. The summed E-state index contributed by atoms with van der Waals surface area (Å²) in [5, 5.41) is 18.2. The van der Waals surface area contributed by atoms with E-state index < -0.39 is 18.1 Å². The van der Waals surface area contributed by atoms with Crippen LogP contribution in [-0.4, -0.2) is 23.2 Å². The van der Waals surface area contributed by atoms with E-state index in [2.05, 4.69) is 0 Å². The van der Waals surface area contributed by atoms with Crippen molar-refractivity contribution in [2.45, 2.75) is 19.1 Å². The van der Waals surface area contributed by atoms with Crippen molar-refractivity contribution in [1.29, 1.82) is 0 Å². The maximum absolute atomic E-state index is 9.74. The number of hydrogen-bond donors (Lipinski definition) is 2. The Morgan fingerprint density at radius 1 is 1.88 bits per heavy atom. The minimum atomic E-state index is -1.43. The summed E-state index contributed by atoms with van der Waals surface area (Å²) in [6.07, 6.45) is -1.04. The molecule has 0 aromatic carbocycles. The van der Waals surface area contributed by atoms with Gasteiger partial charge in [0, 0.05) is 0 Å². The van der Waals surface area contributed by atoms with Crippen molar-refractivity contribution < 1.29 is 15.0 Å². The molecule has 0 spiro atoms. The van der Waals surface area contributed by atoms with Crippen molar-refractivity contribution in [3.63, 3.8) is 0 Å². The molecule has 4 heteroatoms. The Hall–Kier alpha value is -0.610. The van der Waals surface area contributed by atoms with Crippen molar-refractivity contribution in [1.82, 2.24) is 0 Å². The summed E-state index contributed by atoms with van der Waals surface area (Å²) >= 11 is 0. The Morgan fingerprint density at radius 3 is 2.25 bits per heavy atom. The Balaban J connectivity index is 3.64. The van der Waals surface area contributed by atoms with Crippen LogP contribution in [0.4, 0.5) is 0 Å². The Morgan fingerprint density at radius 2 is 2.25 bits per heavy atom. The normalized spacial score (nSPS) is 17.4. The van der Waals surface area contributed by atoms with Crippen LogP contribution in [0.1, 0.15) is 6.92 Å². The highest BCUT2D eigenvalue weighted by atomic mass is 16.4. The Kier molecular flexibility index (Phi) is 2.44. The van der Waals surface area contributed by atoms with Crippen LogP contribution in [0.2, 0.25) is 0 Å². The van der Waals surface area contributed by atoms with E-state index in [-0.39, 0.29) is 0 Å². The first kappa shape index (κ1) is 7.39. The van der Waals surface area contributed by atoms with E-state index in [1.165, 1.54) is 6.92 Å². The SMILES string of the molecule is C[C@@H](O)[C@@H](N)C(=O)[O-]. The molecule has 0 amide bonds. The van der Waals surface area contributed by atoms with Crippen molar-refractivity contribution in [3.05, 3.63) is 0 Å². The maximum atomic E-state index is 9.74. The second-order valence-electron chi connectivity index (χ2n) is 1.59. The van der Waals surface area contributed by atoms with Gasteiger partial charge in [0.2, 0.25) is 0 Å². The lowest BCUT2D eigenvalue weighted by Crippen LogP contribution is -2.48. The predicted octanol–water partition coefficient (Wildman–Crippen LogP) is -2.56. The molecule has 0 aliphatic heterocycles. The topological polar surface area (TPSA) is 86.4 Å². The summed E-state index contributed by atoms with van der Waals surface area (Å²) in [5.41, 5.74) is 4.85. The van der Waals surface area contributed by atoms with E-state index in [4.69, 9.17) is 10.8 Å². The zero-order valence-electron chi connectivity index (χ0n) is 4.50. The highest BCUT2D eigenvalue weighted by Gasteiger charge is 2.08. The van der Waals surface area contributed by atoms with Crippen LogP contribution in [0.3, 0.4) is 0 Å². The van der Waals surface area contributed by atoms with Gasteiger partial charge in [-0.2, -0.15) is 0 Å². The van der Waals surface area contributed by atoms with Crippen LogP contribution in [0, 0.1) is 0 Å². The smallest absolute Gasteiger partial charge is 0.0716 e. The van der Waals surface area contributed by atoms with E-state index in [1.54, 1.807) is 0 Å². The number of rotatable bonds is 2. The summed E-state index contributed by atoms with van der Waals surface area (Å²) in [5.74, 6) is -1.43. The molecule has 0 fully saturated rings. The van der Waals surface area contributed by atoms with E-state index in [0.29, 0.717) is 0 Å². The first-order valence-corrected chi connectivity index (χ1v) is 2.20. The first-order valence-electron chi connectivity index (χ1n) is 2.20. The van der Waals surface area contributed by atoms with Crippen molar-refractivity contribution >= 4 is 5.97 Å². The Bertz CT molecular complexity index is 91.3. The Labute approximate surface area is 46.9 Å². The van der Waals surface area contributed by atoms with Crippen molar-refractivity contribution in [2.75, 3.05) is 0 Å². The number of carboxylic acids is 1. The molecule has 4 nitrogen and oxygen atoms in total. The minimum Gasteiger partial charge on any atom is -0.548 e. The summed E-state index contributed by atoms with van der Waals surface area (Å²) in [7, 11) is 0. The highest BCUT2D eigenvalue weighted by molar-refractivity contribution is 5.71. The average Bonchev–Trinajstić information content (AvgIpc) is 1.64. The number of nitrogens with two attached hydrogens (primary N) is 1. The fourth-order valence-corrected chi connectivity index (χ4v) is 0.197. The quantitative estimate of drug-likeness (QED) is 0.417. The van der Waals surface area contributed by atoms with Gasteiger partial charge in [-0.25, -0.2) is 0 Å². The lowest BCUT2D eigenvalue weighted by atomic mass is 10.2. The maximum Gasteiger partial charge on any atom is 0.0716 e. The fraction of sp³-hybridized carbons (Fsp3) is 0.750. The van der Waals surface area contributed by atoms with Gasteiger partial charge >= 0.3 is 0 Å². The molecule has 0 radical (unpaired) electrons. The molecule has 0 rings (SSSR count). The van der Waals surface area contributed by atoms with Crippen LogP contribution in [0.5, 0.6) is 0 Å². The standard InChI is InChI=1S/C4H9NO3/c1-2(6)3(5)4(7)8/h2-3,6H,5H2,1H3,(H,7,8)/p-1/t2-,3-/m1/s1. The van der Waals surface area contributed by atoms with Crippen molar-refractivity contribution in [2.24, 2.45) is 5.73 Å². The molecular weight excluding hydrogens is 110 g/mol. The minimum absolute atomic E-state index is 1.04. The molecule has 3 N–H and O–H groups in total. The number of carbonyl (C=O) groups is 1. The highest BCUT2D eigenvalue weighted by Crippen LogP contribution is 1.83. The van der Waals surface area contributed by atoms with E-state index in [0.717, 1.165) is 0 Å². The molecule has 0 aromatic rings. The number of aliphatic carboxylic acids is 1. The predicted molar refractivity (Wildman–Crippen MR) is 24.7 cm³/mol. The molecular formula is C4H8NO3-. The molecule has 0 aliphatic carbocycles. The molecule has 2 atom stereocenters. The van der Waals surface area contributed by atoms with Crippen LogP contribution in [-0.2, 0) is 4.79 Å². The number of hydrogen-bond acceptors (Lipinski definition) is 4. The van der Waals surface area contributed by atoms with Crippen LogP contribution in [0.15, 0.2) is 0 Å². The lowest BCUT2D eigenvalue weighted by Gasteiger charge is -2.14. The second kappa shape index (κ2) is 2.64. The average molecular weight is 118 g/mol. The van der Waals surface area contributed by atoms with E-state index in [1.807, 2.05) is 0 Å². The van der Waals surface area contributed by atoms with Crippen molar-refractivity contribution in [3.8, 4) is 0 Å². The third-order valence-electron chi connectivity index (χ3n) is 0.792. The summed E-state index contributed by atoms with van der Waals surface area (Å²) < 4.78 is 0. The van der Waals surface area contributed by atoms with E-state index in [9.17, 15) is 9.90 Å². The molecule has 48 valence electrons. The number of aliphatic hydroxyl groups excluding tert-OH is 1. The fourth-order valence-electron chi connectivity index (χ4n) is 0.197. The molecule has 0 bridgehead atoms. The molecule has 0 heterocycles. The van der Waals surface area contributed by atoms with Crippen LogP contribution >= 0.6 is 0 Å². The monoisotopic (exact) mass is 118 g/mol. The van der Waals surface area contributed by atoms with Gasteiger partial charge in [-0.1, -0.05) is 0 Å². The number of aliphatic hydroxyl groups is 1. The molecule has 0 saturated heterocycles. The number of carbonyl (C=O) groups excluding carboxylic acids is 1. The molecule has 0 aliphatic rings.